The number of carboxylic acids is 1. The smallest absolute Gasteiger partial charge is 0.317 e. The molecule has 0 saturated carbocycles. The molecule has 7 nitrogen and oxygen atoms in total. The molecule has 1 saturated heterocycles. The van der Waals surface area contributed by atoms with Gasteiger partial charge in [0, 0.05) is 29.9 Å². The number of hydrogen-bond acceptors (Lipinski definition) is 5. The number of ether oxygens (including phenoxy) is 1. The molecule has 188 valence electrons. The van der Waals surface area contributed by atoms with Crippen LogP contribution < -0.4 is 5.32 Å². The lowest BCUT2D eigenvalue weighted by molar-refractivity contribution is -0.138. The second kappa shape index (κ2) is 11.9. The second-order valence-electron chi connectivity index (χ2n) is 9.66. The van der Waals surface area contributed by atoms with E-state index in [4.69, 9.17) is 9.84 Å². The highest BCUT2D eigenvalue weighted by Gasteiger charge is 2.27. The van der Waals surface area contributed by atoms with Crippen molar-refractivity contribution < 1.29 is 19.4 Å². The Kier molecular flexibility index (Phi) is 8.93. The van der Waals surface area contributed by atoms with Crippen molar-refractivity contribution in [2.45, 2.75) is 46.6 Å². The van der Waals surface area contributed by atoms with Crippen molar-refractivity contribution in [3.05, 3.63) is 78.0 Å². The first kappa shape index (κ1) is 26.3. The minimum atomic E-state index is -0.787. The van der Waals surface area contributed by atoms with Crippen LogP contribution in [0.2, 0.25) is 0 Å². The van der Waals surface area contributed by atoms with E-state index >= 15 is 0 Å². The molecule has 2 N–H and O–H groups in total. The quantitative estimate of drug-likeness (QED) is 0.520. The van der Waals surface area contributed by atoms with Gasteiger partial charge in [-0.15, -0.1) is 0 Å². The summed E-state index contributed by atoms with van der Waals surface area (Å²) in [4.78, 5) is 28.2. The number of hydrogen-bond donors (Lipinski definition) is 2. The second-order valence-corrected chi connectivity index (χ2v) is 9.66. The third kappa shape index (κ3) is 7.33. The minimum absolute atomic E-state index is 0.0857. The van der Waals surface area contributed by atoms with Crippen LogP contribution in [0.4, 0.5) is 5.69 Å². The monoisotopic (exact) mass is 479 g/mol. The van der Waals surface area contributed by atoms with Crippen LogP contribution in [0.15, 0.2) is 78.0 Å². The van der Waals surface area contributed by atoms with E-state index in [1.165, 1.54) is 5.57 Å². The Morgan fingerprint density at radius 2 is 1.83 bits per heavy atom. The average molecular weight is 480 g/mol. The van der Waals surface area contributed by atoms with E-state index in [1.807, 2.05) is 60.1 Å². The number of benzene rings is 1. The van der Waals surface area contributed by atoms with Gasteiger partial charge in [0.1, 0.15) is 5.76 Å². The molecule has 2 aliphatic heterocycles. The van der Waals surface area contributed by atoms with Crippen molar-refractivity contribution in [2.75, 3.05) is 25.0 Å². The molecule has 0 aromatic heterocycles. The minimum Gasteiger partial charge on any atom is -0.490 e. The van der Waals surface area contributed by atoms with Crippen LogP contribution in [0.25, 0.3) is 0 Å². The van der Waals surface area contributed by atoms with Crippen LogP contribution in [0.1, 0.15) is 40.5 Å². The highest BCUT2D eigenvalue weighted by Crippen LogP contribution is 2.33. The SMILES string of the molecule is C=C1C=C(OC(C)C)C(C(=O)Nc2ccccc2)=CN1/C=C(\C(C)C)C1CCN(CC(=O)O)CC1. The molecule has 7 heteroatoms. The van der Waals surface area contributed by atoms with Crippen molar-refractivity contribution in [2.24, 2.45) is 11.8 Å². The van der Waals surface area contributed by atoms with Gasteiger partial charge in [-0.05, 0) is 69.3 Å². The van der Waals surface area contributed by atoms with Crippen LogP contribution in [-0.2, 0) is 14.3 Å². The fourth-order valence-corrected chi connectivity index (χ4v) is 4.45. The van der Waals surface area contributed by atoms with E-state index in [2.05, 4.69) is 31.9 Å². The Balaban J connectivity index is 1.85. The average Bonchev–Trinajstić information content (AvgIpc) is 2.79. The third-order valence-corrected chi connectivity index (χ3v) is 6.17. The lowest BCUT2D eigenvalue weighted by Crippen LogP contribution is -2.38. The molecule has 0 unspecified atom stereocenters. The number of para-hydroxylation sites is 1. The van der Waals surface area contributed by atoms with Gasteiger partial charge in [-0.2, -0.15) is 0 Å². The normalized spacial score (nSPS) is 17.9. The number of piperidine rings is 1. The molecule has 0 aliphatic carbocycles. The van der Waals surface area contributed by atoms with Gasteiger partial charge in [0.15, 0.2) is 0 Å². The Morgan fingerprint density at radius 3 is 2.40 bits per heavy atom. The summed E-state index contributed by atoms with van der Waals surface area (Å²) in [5.41, 5.74) is 3.13. The van der Waals surface area contributed by atoms with Gasteiger partial charge in [0.2, 0.25) is 0 Å². The fraction of sp³-hybridized carbons (Fsp3) is 0.429. The van der Waals surface area contributed by atoms with Crippen LogP contribution in [0.5, 0.6) is 0 Å². The highest BCUT2D eigenvalue weighted by molar-refractivity contribution is 6.06. The predicted molar refractivity (Wildman–Crippen MR) is 138 cm³/mol. The van der Waals surface area contributed by atoms with E-state index in [0.29, 0.717) is 28.9 Å². The molecular formula is C28H37N3O4. The van der Waals surface area contributed by atoms with Gasteiger partial charge in [0.25, 0.3) is 5.91 Å². The van der Waals surface area contributed by atoms with Crippen LogP contribution >= 0.6 is 0 Å². The maximum Gasteiger partial charge on any atom is 0.317 e. The molecule has 0 spiro atoms. The van der Waals surface area contributed by atoms with Crippen molar-refractivity contribution in [1.82, 2.24) is 9.80 Å². The molecule has 1 aromatic rings. The van der Waals surface area contributed by atoms with Crippen molar-refractivity contribution in [3.63, 3.8) is 0 Å². The van der Waals surface area contributed by atoms with Gasteiger partial charge < -0.3 is 20.1 Å². The standard InChI is InChI=1S/C28H37N3O4/c1-19(2)24(22-11-13-30(14-12-22)18-27(32)33)16-31-17-25(26(15-21(31)5)35-20(3)4)28(34)29-23-9-7-6-8-10-23/h6-10,15-17,19-20,22H,5,11-14,18H2,1-4H3,(H,29,34)(H,32,33)/b24-16+. The molecule has 2 heterocycles. The zero-order chi connectivity index (χ0) is 25.5. The summed E-state index contributed by atoms with van der Waals surface area (Å²) < 4.78 is 5.96. The van der Waals surface area contributed by atoms with E-state index in [1.54, 1.807) is 6.20 Å². The summed E-state index contributed by atoms with van der Waals surface area (Å²) >= 11 is 0. The van der Waals surface area contributed by atoms with Crippen molar-refractivity contribution >= 4 is 17.6 Å². The fourth-order valence-electron chi connectivity index (χ4n) is 4.45. The molecule has 3 rings (SSSR count). The van der Waals surface area contributed by atoms with Gasteiger partial charge in [-0.25, -0.2) is 0 Å². The molecular weight excluding hydrogens is 442 g/mol. The largest absolute Gasteiger partial charge is 0.490 e. The third-order valence-electron chi connectivity index (χ3n) is 6.17. The number of carbonyl (C=O) groups is 2. The molecule has 2 aliphatic rings. The van der Waals surface area contributed by atoms with E-state index < -0.39 is 5.97 Å². The molecule has 0 radical (unpaired) electrons. The first-order valence-electron chi connectivity index (χ1n) is 12.2. The van der Waals surface area contributed by atoms with Crippen LogP contribution in [0.3, 0.4) is 0 Å². The number of carboxylic acid groups (broad SMARTS) is 1. The number of allylic oxidation sites excluding steroid dienone is 2. The molecule has 0 bridgehead atoms. The van der Waals surface area contributed by atoms with Gasteiger partial charge in [-0.3, -0.25) is 14.5 Å². The lowest BCUT2D eigenvalue weighted by Gasteiger charge is -2.35. The Bertz CT molecular complexity index is 1020. The molecule has 35 heavy (non-hydrogen) atoms. The number of carbonyl (C=O) groups excluding carboxylic acids is 1. The number of aliphatic carboxylic acids is 1. The van der Waals surface area contributed by atoms with Crippen molar-refractivity contribution in [3.8, 4) is 0 Å². The van der Waals surface area contributed by atoms with Crippen LogP contribution in [-0.4, -0.2) is 52.5 Å². The molecule has 1 aromatic carbocycles. The number of nitrogens with one attached hydrogen (secondary N) is 1. The van der Waals surface area contributed by atoms with Gasteiger partial charge in [-0.1, -0.05) is 38.6 Å². The van der Waals surface area contributed by atoms with E-state index in [-0.39, 0.29) is 18.6 Å². The summed E-state index contributed by atoms with van der Waals surface area (Å²) in [5, 5.41) is 12.0. The number of anilines is 1. The molecule has 1 amide bonds. The van der Waals surface area contributed by atoms with Gasteiger partial charge in [0.05, 0.1) is 18.2 Å². The first-order chi connectivity index (χ1) is 16.6. The number of likely N-dealkylation sites (tertiary alicyclic amines) is 1. The summed E-state index contributed by atoms with van der Waals surface area (Å²) in [5.74, 6) is 0.106. The maximum absolute atomic E-state index is 13.2. The molecule has 0 atom stereocenters. The van der Waals surface area contributed by atoms with Crippen molar-refractivity contribution in [1.29, 1.82) is 0 Å². The van der Waals surface area contributed by atoms with E-state index in [0.717, 1.165) is 31.6 Å². The Labute approximate surface area is 208 Å². The Morgan fingerprint density at radius 1 is 1.17 bits per heavy atom. The van der Waals surface area contributed by atoms with E-state index in [9.17, 15) is 9.59 Å². The van der Waals surface area contributed by atoms with Crippen LogP contribution in [0, 0.1) is 11.8 Å². The number of amides is 1. The lowest BCUT2D eigenvalue weighted by atomic mass is 9.83. The zero-order valence-corrected chi connectivity index (χ0v) is 21.2. The maximum atomic E-state index is 13.2. The first-order valence-corrected chi connectivity index (χ1v) is 12.2. The highest BCUT2D eigenvalue weighted by atomic mass is 16.5. The topological polar surface area (TPSA) is 82.1 Å². The summed E-state index contributed by atoms with van der Waals surface area (Å²) in [6.07, 6.45) is 7.40. The summed E-state index contributed by atoms with van der Waals surface area (Å²) in [6.45, 7) is 14.0. The predicted octanol–water partition coefficient (Wildman–Crippen LogP) is 4.98. The van der Waals surface area contributed by atoms with Gasteiger partial charge >= 0.3 is 5.97 Å². The zero-order valence-electron chi connectivity index (χ0n) is 21.2. The Hall–Kier alpha value is -3.32. The number of nitrogens with zero attached hydrogens (tertiary/aromatic N) is 2. The molecule has 1 fully saturated rings. The summed E-state index contributed by atoms with van der Waals surface area (Å²) in [7, 11) is 0. The summed E-state index contributed by atoms with van der Waals surface area (Å²) in [6, 6.07) is 9.34. The number of rotatable bonds is 9.